The number of carbonyl (C=O) groups is 3. The van der Waals surface area contributed by atoms with Crippen LogP contribution in [-0.2, 0) is 26.1 Å². The van der Waals surface area contributed by atoms with E-state index in [1.165, 1.54) is 16.9 Å². The van der Waals surface area contributed by atoms with Crippen LogP contribution in [0.3, 0.4) is 0 Å². The van der Waals surface area contributed by atoms with E-state index < -0.39 is 36.2 Å². The molecule has 1 aromatic carbocycles. The lowest BCUT2D eigenvalue weighted by Gasteiger charge is -2.38. The van der Waals surface area contributed by atoms with Crippen molar-refractivity contribution in [3.63, 3.8) is 0 Å². The van der Waals surface area contributed by atoms with Crippen LogP contribution in [0.25, 0.3) is 16.6 Å². The molecular formula is C44H48F3N11O5. The number of hydrogen-bond acceptors (Lipinski definition) is 11. The minimum absolute atomic E-state index is 0.0434. The number of rotatable bonds is 10. The van der Waals surface area contributed by atoms with Gasteiger partial charge in [0.1, 0.15) is 24.2 Å². The molecular weight excluding hydrogens is 820 g/mol. The van der Waals surface area contributed by atoms with E-state index in [0.29, 0.717) is 67.5 Å². The van der Waals surface area contributed by atoms with Crippen LogP contribution in [0.15, 0.2) is 42.9 Å². The van der Waals surface area contributed by atoms with E-state index in [0.717, 1.165) is 43.3 Å². The number of aryl methyl sites for hydroxylation is 1. The number of morpholine rings is 1. The molecule has 3 amide bonds. The molecule has 0 spiro atoms. The van der Waals surface area contributed by atoms with Gasteiger partial charge in [-0.25, -0.2) is 22.7 Å². The van der Waals surface area contributed by atoms with Crippen molar-refractivity contribution in [3.8, 4) is 11.8 Å². The zero-order valence-electron chi connectivity index (χ0n) is 34.8. The van der Waals surface area contributed by atoms with Gasteiger partial charge in [0.25, 0.3) is 12.3 Å². The Balaban J connectivity index is 0.706. The number of imide groups is 1. The van der Waals surface area contributed by atoms with Gasteiger partial charge in [0.05, 0.1) is 65.5 Å². The van der Waals surface area contributed by atoms with Crippen molar-refractivity contribution in [2.24, 2.45) is 13.0 Å². The number of ether oxygens (including phenoxy) is 2. The minimum atomic E-state index is -2.89. The average Bonchev–Trinajstić information content (AvgIpc) is 4.13. The third-order valence-electron chi connectivity index (χ3n) is 13.3. The third kappa shape index (κ3) is 8.15. The molecule has 5 aliphatic rings. The first-order valence-electron chi connectivity index (χ1n) is 21.7. The summed E-state index contributed by atoms with van der Waals surface area (Å²) in [5, 5.41) is 19.0. The molecule has 1 aliphatic carbocycles. The van der Waals surface area contributed by atoms with E-state index in [4.69, 9.17) is 14.5 Å². The number of aromatic nitrogens is 7. The maximum Gasteiger partial charge on any atom is 0.284 e. The van der Waals surface area contributed by atoms with Gasteiger partial charge in [-0.3, -0.25) is 34.0 Å². The number of piperidine rings is 2. The maximum absolute atomic E-state index is 15.5. The van der Waals surface area contributed by atoms with Gasteiger partial charge < -0.3 is 19.7 Å². The molecule has 2 N–H and O–H groups in total. The van der Waals surface area contributed by atoms with Gasteiger partial charge in [0, 0.05) is 57.4 Å². The Kier molecular flexibility index (Phi) is 11.1. The minimum Gasteiger partial charge on any atom is -0.374 e. The highest BCUT2D eigenvalue weighted by molar-refractivity contribution is 6.08. The SMILES string of the molecule is Cn1nc(C2CCC(=O)NC2=O)c2cccc(C#CCO[C@@H]3CCN(CC4CCC(n5cc(NC(=O)c6cnn7ccc(N8C[C@H]9C[C@@H]8CO9)nc67)c(C(F)F)n5)CC4)C[C@@H]3F)c21. The van der Waals surface area contributed by atoms with Crippen LogP contribution in [0, 0.1) is 17.8 Å². The number of benzene rings is 1. The second-order valence-electron chi connectivity index (χ2n) is 17.4. The molecule has 0 radical (unpaired) electrons. The normalized spacial score (nSPS) is 26.4. The van der Waals surface area contributed by atoms with Crippen LogP contribution in [0.1, 0.15) is 97.1 Å². The van der Waals surface area contributed by atoms with Crippen LogP contribution >= 0.6 is 0 Å². The van der Waals surface area contributed by atoms with E-state index in [9.17, 15) is 23.2 Å². The molecule has 1 saturated carbocycles. The number of amides is 3. The van der Waals surface area contributed by atoms with Gasteiger partial charge in [0.2, 0.25) is 11.8 Å². The van der Waals surface area contributed by atoms with E-state index in [1.807, 2.05) is 24.3 Å². The predicted molar refractivity (Wildman–Crippen MR) is 223 cm³/mol. The van der Waals surface area contributed by atoms with Crippen LogP contribution in [-0.4, -0.2) is 121 Å². The molecule has 1 unspecified atom stereocenters. The fourth-order valence-electron chi connectivity index (χ4n) is 10.1. The number of alkyl halides is 3. The second-order valence-corrected chi connectivity index (χ2v) is 17.4. The number of hydrogen-bond donors (Lipinski definition) is 2. The van der Waals surface area contributed by atoms with Crippen LogP contribution in [0.5, 0.6) is 0 Å². The Bertz CT molecular complexity index is 2630. The van der Waals surface area contributed by atoms with Crippen molar-refractivity contribution in [1.29, 1.82) is 0 Å². The van der Waals surface area contributed by atoms with Gasteiger partial charge in [-0.05, 0) is 63.0 Å². The van der Waals surface area contributed by atoms with Crippen molar-refractivity contribution >= 4 is 45.8 Å². The molecule has 330 valence electrons. The number of nitrogens with one attached hydrogen (secondary N) is 2. The van der Waals surface area contributed by atoms with Gasteiger partial charge in [-0.2, -0.15) is 15.3 Å². The summed E-state index contributed by atoms with van der Waals surface area (Å²) in [5.41, 5.74) is 2.08. The lowest BCUT2D eigenvalue weighted by Crippen LogP contribution is -2.47. The van der Waals surface area contributed by atoms with Gasteiger partial charge in [-0.15, -0.1) is 0 Å². The Labute approximate surface area is 360 Å². The van der Waals surface area contributed by atoms with E-state index in [-0.39, 0.29) is 60.8 Å². The highest BCUT2D eigenvalue weighted by Crippen LogP contribution is 2.37. The molecule has 4 saturated heterocycles. The van der Waals surface area contributed by atoms with Crippen molar-refractivity contribution in [3.05, 3.63) is 65.4 Å². The summed E-state index contributed by atoms with van der Waals surface area (Å²) in [5.74, 6) is 5.48. The number of halogens is 3. The third-order valence-corrected chi connectivity index (χ3v) is 13.3. The van der Waals surface area contributed by atoms with Crippen molar-refractivity contribution in [2.45, 2.75) is 94.2 Å². The maximum atomic E-state index is 15.5. The molecule has 63 heavy (non-hydrogen) atoms. The number of nitrogens with zero attached hydrogens (tertiary/aromatic N) is 9. The number of fused-ring (bicyclic) bond motifs is 4. The topological polar surface area (TPSA) is 166 Å². The average molecular weight is 868 g/mol. The molecule has 5 fully saturated rings. The number of carbonyl (C=O) groups excluding carboxylic acids is 3. The summed E-state index contributed by atoms with van der Waals surface area (Å²) in [6.07, 6.45) is 5.38. The van der Waals surface area contributed by atoms with Crippen molar-refractivity contribution in [2.75, 3.05) is 49.6 Å². The molecule has 2 bridgehead atoms. The fourth-order valence-corrected chi connectivity index (χ4v) is 10.1. The first-order valence-corrected chi connectivity index (χ1v) is 21.7. The molecule has 4 aromatic heterocycles. The standard InChI is InChI=1S/C44H48F3N11O5/c1-54-40-26(4-2-6-30(40)38(52-54)31-11-12-37(59)51-43(31)60)5-3-17-62-35-13-15-55(22-33(35)45)20-25-7-9-27(10-8-25)58-23-34(39(53-58)41(46)47)49-44(61)32-19-48-57-16-14-36(50-42(32)57)56-21-29-18-28(56)24-63-29/h2,4,6,14,16,19,23,25,27-29,31,33,35,41H,7-13,15,17-18,20-22,24H2,1H3,(H,49,61)(H,51,59,60)/t25?,27?,28-,29-,31?,33+,35-/m1/s1. The monoisotopic (exact) mass is 867 g/mol. The zero-order valence-corrected chi connectivity index (χ0v) is 34.8. The lowest BCUT2D eigenvalue weighted by atomic mass is 9.85. The summed E-state index contributed by atoms with van der Waals surface area (Å²) in [7, 11) is 1.79. The summed E-state index contributed by atoms with van der Waals surface area (Å²) in [6, 6.07) is 7.59. The Morgan fingerprint density at radius 2 is 1.94 bits per heavy atom. The largest absolute Gasteiger partial charge is 0.374 e. The summed E-state index contributed by atoms with van der Waals surface area (Å²) in [4.78, 5) is 46.8. The Morgan fingerprint density at radius 1 is 1.08 bits per heavy atom. The van der Waals surface area contributed by atoms with Gasteiger partial charge >= 0.3 is 0 Å². The smallest absolute Gasteiger partial charge is 0.284 e. The van der Waals surface area contributed by atoms with E-state index >= 15 is 4.39 Å². The number of anilines is 2. The first kappa shape index (κ1) is 41.2. The predicted octanol–water partition coefficient (Wildman–Crippen LogP) is 4.71. The van der Waals surface area contributed by atoms with Crippen LogP contribution in [0.4, 0.5) is 24.7 Å². The molecule has 5 aromatic rings. The van der Waals surface area contributed by atoms with E-state index in [2.05, 4.69) is 47.6 Å². The highest BCUT2D eigenvalue weighted by Gasteiger charge is 2.40. The Hall–Kier alpha value is -5.84. The lowest BCUT2D eigenvalue weighted by molar-refractivity contribution is -0.134. The molecule has 19 heteroatoms. The van der Waals surface area contributed by atoms with Gasteiger partial charge in [0.15, 0.2) is 11.3 Å². The highest BCUT2D eigenvalue weighted by atomic mass is 19.3. The van der Waals surface area contributed by atoms with Crippen LogP contribution < -0.4 is 15.5 Å². The van der Waals surface area contributed by atoms with Crippen LogP contribution in [0.2, 0.25) is 0 Å². The number of para-hydroxylation sites is 1. The zero-order chi connectivity index (χ0) is 43.4. The van der Waals surface area contributed by atoms with Crippen molar-refractivity contribution in [1.82, 2.24) is 44.4 Å². The fraction of sp³-hybridized carbons (Fsp3) is 0.523. The number of likely N-dealkylation sites (tertiary alicyclic amines) is 1. The second kappa shape index (κ2) is 17.0. The summed E-state index contributed by atoms with van der Waals surface area (Å²) in [6.45, 7) is 3.10. The van der Waals surface area contributed by atoms with Crippen molar-refractivity contribution < 1.29 is 37.0 Å². The molecule has 16 nitrogen and oxygen atoms in total. The summed E-state index contributed by atoms with van der Waals surface area (Å²) >= 11 is 0. The van der Waals surface area contributed by atoms with Gasteiger partial charge in [-0.1, -0.05) is 24.0 Å². The molecule has 8 heterocycles. The molecule has 10 rings (SSSR count). The van der Waals surface area contributed by atoms with E-state index in [1.54, 1.807) is 22.6 Å². The summed E-state index contributed by atoms with van der Waals surface area (Å²) < 4.78 is 60.4. The first-order chi connectivity index (χ1) is 30.6. The molecule has 5 atom stereocenters. The quantitative estimate of drug-likeness (QED) is 0.148. The Morgan fingerprint density at radius 3 is 2.70 bits per heavy atom. The molecule has 4 aliphatic heterocycles.